The largest absolute Gasteiger partial charge is 0.393 e. The maximum absolute atomic E-state index is 14.8. The van der Waals surface area contributed by atoms with Gasteiger partial charge in [0.05, 0.1) is 6.10 Å². The average Bonchev–Trinajstić information content (AvgIpc) is 2.77. The molecular formula is C19H25FO2. The van der Waals surface area contributed by atoms with Crippen molar-refractivity contribution in [3.63, 3.8) is 0 Å². The predicted molar refractivity (Wildman–Crippen MR) is 82.7 cm³/mol. The van der Waals surface area contributed by atoms with Crippen LogP contribution in [0.3, 0.4) is 0 Å². The second kappa shape index (κ2) is 4.53. The number of aliphatic hydroxyl groups is 1. The summed E-state index contributed by atoms with van der Waals surface area (Å²) in [6.07, 6.45) is 8.31. The smallest absolute Gasteiger partial charge is 0.156 e. The van der Waals surface area contributed by atoms with E-state index in [1.54, 1.807) is 12.2 Å². The Kier molecular flexibility index (Phi) is 3.01. The highest BCUT2D eigenvalue weighted by atomic mass is 19.1. The lowest BCUT2D eigenvalue weighted by atomic mass is 9.49. The Morgan fingerprint density at radius 1 is 1.18 bits per heavy atom. The van der Waals surface area contributed by atoms with Crippen LogP contribution in [0.25, 0.3) is 0 Å². The number of fused-ring (bicyclic) bond motifs is 5. The molecule has 0 amide bonds. The number of carbonyl (C=O) groups is 1. The molecule has 4 aliphatic carbocycles. The van der Waals surface area contributed by atoms with Crippen LogP contribution < -0.4 is 0 Å². The highest BCUT2D eigenvalue weighted by Gasteiger charge is 2.58. The van der Waals surface area contributed by atoms with Crippen molar-refractivity contribution in [1.29, 1.82) is 0 Å². The van der Waals surface area contributed by atoms with E-state index in [1.807, 2.05) is 0 Å². The summed E-state index contributed by atoms with van der Waals surface area (Å²) in [4.78, 5) is 11.7. The van der Waals surface area contributed by atoms with E-state index in [1.165, 1.54) is 0 Å². The molecule has 0 spiro atoms. The number of halogens is 1. The summed E-state index contributed by atoms with van der Waals surface area (Å²) in [7, 11) is 0. The third-order valence-electron chi connectivity index (χ3n) is 7.51. The quantitative estimate of drug-likeness (QED) is 0.735. The van der Waals surface area contributed by atoms with Crippen LogP contribution in [0, 0.1) is 28.6 Å². The standard InChI is InChI=1S/C19H25FO2/c1-18-7-5-11(21)9-15(18)16(20)10-12-13-3-4-17(22)19(13,2)8-6-14(12)18/h9-10,12-14,17,22H,3-8H2,1-2H3/t12-,13-,14+,17-,18-,19-/m0/s1. The highest BCUT2D eigenvalue weighted by Crippen LogP contribution is 2.64. The van der Waals surface area contributed by atoms with Crippen LogP contribution in [0.15, 0.2) is 23.6 Å². The van der Waals surface area contributed by atoms with Gasteiger partial charge in [0.15, 0.2) is 5.78 Å². The van der Waals surface area contributed by atoms with Crippen LogP contribution in [0.4, 0.5) is 4.39 Å². The molecule has 120 valence electrons. The molecule has 0 radical (unpaired) electrons. The van der Waals surface area contributed by atoms with Gasteiger partial charge in [-0.05, 0) is 78.4 Å². The second-order valence-electron chi connectivity index (χ2n) is 8.38. The zero-order valence-corrected chi connectivity index (χ0v) is 13.4. The van der Waals surface area contributed by atoms with Crippen LogP contribution in [0.2, 0.25) is 0 Å². The topological polar surface area (TPSA) is 37.3 Å². The van der Waals surface area contributed by atoms with E-state index >= 15 is 0 Å². The Morgan fingerprint density at radius 3 is 2.73 bits per heavy atom. The number of aliphatic hydroxyl groups excluding tert-OH is 1. The van der Waals surface area contributed by atoms with Crippen molar-refractivity contribution in [2.45, 2.75) is 58.5 Å². The molecule has 0 aliphatic heterocycles. The molecule has 2 nitrogen and oxygen atoms in total. The second-order valence-corrected chi connectivity index (χ2v) is 8.38. The van der Waals surface area contributed by atoms with Crippen LogP contribution in [-0.4, -0.2) is 17.0 Å². The molecule has 0 aromatic heterocycles. The monoisotopic (exact) mass is 304 g/mol. The van der Waals surface area contributed by atoms with Gasteiger partial charge in [-0.25, -0.2) is 4.39 Å². The Hall–Kier alpha value is -0.960. The zero-order valence-electron chi connectivity index (χ0n) is 13.4. The Bertz CT molecular complexity index is 592. The summed E-state index contributed by atoms with van der Waals surface area (Å²) in [6.45, 7) is 4.35. The van der Waals surface area contributed by atoms with Gasteiger partial charge in [-0.3, -0.25) is 4.79 Å². The highest BCUT2D eigenvalue weighted by molar-refractivity contribution is 5.92. The number of hydrogen-bond acceptors (Lipinski definition) is 2. The third kappa shape index (κ3) is 1.72. The molecule has 1 N–H and O–H groups in total. The van der Waals surface area contributed by atoms with E-state index in [0.717, 1.165) is 32.1 Å². The summed E-state index contributed by atoms with van der Waals surface area (Å²) in [5.41, 5.74) is 0.388. The fourth-order valence-electron chi connectivity index (χ4n) is 6.04. The van der Waals surface area contributed by atoms with Crippen LogP contribution in [0.5, 0.6) is 0 Å². The number of rotatable bonds is 0. The first kappa shape index (κ1) is 14.6. The number of allylic oxidation sites excluding steroid dienone is 4. The maximum Gasteiger partial charge on any atom is 0.156 e. The minimum Gasteiger partial charge on any atom is -0.393 e. The van der Waals surface area contributed by atoms with Gasteiger partial charge in [-0.2, -0.15) is 0 Å². The molecule has 0 bridgehead atoms. The molecule has 2 fully saturated rings. The van der Waals surface area contributed by atoms with Crippen molar-refractivity contribution in [3.05, 3.63) is 23.6 Å². The molecule has 0 heterocycles. The fraction of sp³-hybridized carbons (Fsp3) is 0.737. The molecule has 0 unspecified atom stereocenters. The Labute approximate surface area is 131 Å². The fourth-order valence-corrected chi connectivity index (χ4v) is 6.04. The summed E-state index contributed by atoms with van der Waals surface area (Å²) >= 11 is 0. The Balaban J connectivity index is 1.80. The van der Waals surface area contributed by atoms with Gasteiger partial charge < -0.3 is 5.11 Å². The van der Waals surface area contributed by atoms with Crippen molar-refractivity contribution in [2.75, 3.05) is 0 Å². The summed E-state index contributed by atoms with van der Waals surface area (Å²) < 4.78 is 14.8. The summed E-state index contributed by atoms with van der Waals surface area (Å²) in [5.74, 6) is 0.887. The molecule has 22 heavy (non-hydrogen) atoms. The van der Waals surface area contributed by atoms with E-state index in [9.17, 15) is 14.3 Å². The summed E-state index contributed by atoms with van der Waals surface area (Å²) in [6, 6.07) is 0. The van der Waals surface area contributed by atoms with Crippen molar-refractivity contribution in [1.82, 2.24) is 0 Å². The molecule has 4 rings (SSSR count). The van der Waals surface area contributed by atoms with Crippen molar-refractivity contribution < 1.29 is 14.3 Å². The van der Waals surface area contributed by atoms with Crippen LogP contribution >= 0.6 is 0 Å². The maximum atomic E-state index is 14.8. The zero-order chi connectivity index (χ0) is 15.7. The summed E-state index contributed by atoms with van der Waals surface area (Å²) in [5, 5.41) is 10.4. The van der Waals surface area contributed by atoms with Crippen LogP contribution in [-0.2, 0) is 4.79 Å². The lowest BCUT2D eigenvalue weighted by Crippen LogP contribution is -2.50. The number of ketones is 1. The van der Waals surface area contributed by atoms with Gasteiger partial charge in [-0.1, -0.05) is 13.8 Å². The molecular weight excluding hydrogens is 279 g/mol. The van der Waals surface area contributed by atoms with E-state index in [4.69, 9.17) is 0 Å². The van der Waals surface area contributed by atoms with E-state index < -0.39 is 0 Å². The first-order chi connectivity index (χ1) is 10.4. The van der Waals surface area contributed by atoms with E-state index in [-0.39, 0.29) is 34.5 Å². The lowest BCUT2D eigenvalue weighted by molar-refractivity contribution is -0.116. The minimum atomic E-state index is -0.243. The van der Waals surface area contributed by atoms with Crippen molar-refractivity contribution in [3.8, 4) is 0 Å². The van der Waals surface area contributed by atoms with E-state index in [0.29, 0.717) is 23.8 Å². The van der Waals surface area contributed by atoms with E-state index in [2.05, 4.69) is 13.8 Å². The molecule has 6 atom stereocenters. The average molecular weight is 304 g/mol. The van der Waals surface area contributed by atoms with Gasteiger partial charge in [0.1, 0.15) is 5.83 Å². The van der Waals surface area contributed by atoms with Crippen LogP contribution in [0.1, 0.15) is 52.4 Å². The molecule has 0 aromatic rings. The lowest BCUT2D eigenvalue weighted by Gasteiger charge is -2.55. The first-order valence-corrected chi connectivity index (χ1v) is 8.67. The van der Waals surface area contributed by atoms with Gasteiger partial charge in [-0.15, -0.1) is 0 Å². The normalized spacial score (nSPS) is 50.6. The molecule has 0 saturated heterocycles. The van der Waals surface area contributed by atoms with Gasteiger partial charge in [0, 0.05) is 6.42 Å². The van der Waals surface area contributed by atoms with Gasteiger partial charge in [0.25, 0.3) is 0 Å². The first-order valence-electron chi connectivity index (χ1n) is 8.67. The molecule has 0 aromatic carbocycles. The number of hydrogen-bond donors (Lipinski definition) is 1. The SMILES string of the molecule is C[C@]12CC[C@@H]3[C@@H](C=C(F)C4=CC(=O)CC[C@]43C)[C@@H]1CC[C@@H]2O. The van der Waals surface area contributed by atoms with Gasteiger partial charge >= 0.3 is 0 Å². The minimum absolute atomic E-state index is 0.0555. The molecule has 3 heteroatoms. The molecule has 2 saturated carbocycles. The van der Waals surface area contributed by atoms with Gasteiger partial charge in [0.2, 0.25) is 0 Å². The number of carbonyl (C=O) groups excluding carboxylic acids is 1. The van der Waals surface area contributed by atoms with Crippen molar-refractivity contribution >= 4 is 5.78 Å². The Morgan fingerprint density at radius 2 is 1.95 bits per heavy atom. The van der Waals surface area contributed by atoms with Crippen molar-refractivity contribution in [2.24, 2.45) is 28.6 Å². The predicted octanol–water partition coefficient (Wildman–Crippen LogP) is 3.95. The third-order valence-corrected chi connectivity index (χ3v) is 7.51. The molecule has 4 aliphatic rings.